The molecule has 28 heavy (non-hydrogen) atoms. The molecule has 0 aliphatic heterocycles. The van der Waals surface area contributed by atoms with Crippen molar-refractivity contribution in [2.45, 2.75) is 0 Å². The van der Waals surface area contributed by atoms with Gasteiger partial charge in [-0.15, -0.1) is 0 Å². The highest BCUT2D eigenvalue weighted by atomic mass is 15.1. The fourth-order valence-corrected chi connectivity index (χ4v) is 3.18. The molecule has 0 spiro atoms. The third-order valence-corrected chi connectivity index (χ3v) is 4.70. The van der Waals surface area contributed by atoms with Crippen LogP contribution in [0.2, 0.25) is 0 Å². The van der Waals surface area contributed by atoms with Gasteiger partial charge >= 0.3 is 0 Å². The van der Waals surface area contributed by atoms with Crippen LogP contribution in [0.3, 0.4) is 0 Å². The Morgan fingerprint density at radius 2 is 1.36 bits per heavy atom. The molecule has 0 aliphatic rings. The van der Waals surface area contributed by atoms with Gasteiger partial charge in [0.2, 0.25) is 0 Å². The second-order valence-electron chi connectivity index (χ2n) is 7.09. The summed E-state index contributed by atoms with van der Waals surface area (Å²) in [6, 6.07) is 27.0. The quantitative estimate of drug-likeness (QED) is 0.523. The largest absolute Gasteiger partial charge is 0.368 e. The van der Waals surface area contributed by atoms with Gasteiger partial charge in [-0.05, 0) is 37.4 Å². The summed E-state index contributed by atoms with van der Waals surface area (Å²) in [5.41, 5.74) is 4.36. The second-order valence-corrected chi connectivity index (χ2v) is 7.09. The molecule has 3 aromatic carbocycles. The standard InChI is InChI=1S/C24H24N4/c1-28(2)17-16-25-24-21-10-6-7-11-22(21)26-23(27-24)20-14-12-19(13-15-20)18-8-4-3-5-9-18/h3-15H,16-17H2,1-2H3,(H,25,26,27). The third kappa shape index (κ3) is 4.02. The van der Waals surface area contributed by atoms with Gasteiger partial charge in [0.15, 0.2) is 5.82 Å². The molecule has 4 heteroatoms. The Kier molecular flexibility index (Phi) is 5.31. The number of fused-ring (bicyclic) bond motifs is 1. The average Bonchev–Trinajstić information content (AvgIpc) is 2.74. The van der Waals surface area contributed by atoms with E-state index in [1.54, 1.807) is 0 Å². The molecule has 1 aromatic heterocycles. The molecular formula is C24H24N4. The van der Waals surface area contributed by atoms with Gasteiger partial charge in [0, 0.05) is 24.0 Å². The Bertz CT molecular complexity index is 1060. The van der Waals surface area contributed by atoms with Gasteiger partial charge in [-0.2, -0.15) is 0 Å². The Labute approximate surface area is 165 Å². The summed E-state index contributed by atoms with van der Waals surface area (Å²) in [7, 11) is 4.14. The molecule has 0 amide bonds. The molecule has 0 saturated heterocycles. The van der Waals surface area contributed by atoms with Crippen molar-refractivity contribution in [1.82, 2.24) is 14.9 Å². The van der Waals surface area contributed by atoms with Crippen molar-refractivity contribution < 1.29 is 0 Å². The van der Waals surface area contributed by atoms with Crippen LogP contribution in [0.25, 0.3) is 33.4 Å². The Balaban J connectivity index is 1.68. The van der Waals surface area contributed by atoms with Gasteiger partial charge in [-0.3, -0.25) is 0 Å². The minimum Gasteiger partial charge on any atom is -0.368 e. The van der Waals surface area contributed by atoms with E-state index in [0.29, 0.717) is 0 Å². The SMILES string of the molecule is CN(C)CCNc1nc(-c2ccc(-c3ccccc3)cc2)nc2ccccc12. The fourth-order valence-electron chi connectivity index (χ4n) is 3.18. The number of likely N-dealkylation sites (N-methyl/N-ethyl adjacent to an activating group) is 1. The van der Waals surface area contributed by atoms with Crippen molar-refractivity contribution >= 4 is 16.7 Å². The molecule has 4 nitrogen and oxygen atoms in total. The highest BCUT2D eigenvalue weighted by molar-refractivity contribution is 5.90. The zero-order chi connectivity index (χ0) is 19.3. The lowest BCUT2D eigenvalue weighted by atomic mass is 10.0. The summed E-state index contributed by atoms with van der Waals surface area (Å²) in [6.45, 7) is 1.78. The maximum atomic E-state index is 4.83. The maximum absolute atomic E-state index is 4.83. The van der Waals surface area contributed by atoms with Crippen molar-refractivity contribution in [1.29, 1.82) is 0 Å². The van der Waals surface area contributed by atoms with E-state index in [9.17, 15) is 0 Å². The van der Waals surface area contributed by atoms with E-state index in [4.69, 9.17) is 9.97 Å². The minimum absolute atomic E-state index is 0.741. The molecule has 0 aliphatic carbocycles. The number of anilines is 1. The van der Waals surface area contributed by atoms with Gasteiger partial charge in [0.1, 0.15) is 5.82 Å². The summed E-state index contributed by atoms with van der Waals surface area (Å²) in [5.74, 6) is 1.63. The molecule has 1 heterocycles. The van der Waals surface area contributed by atoms with Crippen molar-refractivity contribution in [2.75, 3.05) is 32.5 Å². The van der Waals surface area contributed by atoms with E-state index < -0.39 is 0 Å². The molecule has 0 saturated carbocycles. The lowest BCUT2D eigenvalue weighted by Gasteiger charge is -2.13. The molecule has 0 radical (unpaired) electrons. The first-order chi connectivity index (χ1) is 13.7. The van der Waals surface area contributed by atoms with Crippen LogP contribution in [0.1, 0.15) is 0 Å². The van der Waals surface area contributed by atoms with Gasteiger partial charge < -0.3 is 10.2 Å². The highest BCUT2D eigenvalue weighted by Crippen LogP contribution is 2.27. The molecule has 0 bridgehead atoms. The number of benzene rings is 3. The van der Waals surface area contributed by atoms with Crippen LogP contribution in [0.5, 0.6) is 0 Å². The molecule has 4 aromatic rings. The van der Waals surface area contributed by atoms with Gasteiger partial charge in [-0.25, -0.2) is 9.97 Å². The topological polar surface area (TPSA) is 41.0 Å². The number of nitrogens with zero attached hydrogens (tertiary/aromatic N) is 3. The van der Waals surface area contributed by atoms with E-state index in [-0.39, 0.29) is 0 Å². The highest BCUT2D eigenvalue weighted by Gasteiger charge is 2.09. The normalized spacial score (nSPS) is 11.1. The smallest absolute Gasteiger partial charge is 0.162 e. The lowest BCUT2D eigenvalue weighted by Crippen LogP contribution is -2.21. The van der Waals surface area contributed by atoms with Crippen molar-refractivity contribution in [2.24, 2.45) is 0 Å². The molecule has 1 N–H and O–H groups in total. The van der Waals surface area contributed by atoms with Crippen molar-refractivity contribution in [3.05, 3.63) is 78.9 Å². The van der Waals surface area contributed by atoms with E-state index >= 15 is 0 Å². The summed E-state index contributed by atoms with van der Waals surface area (Å²) in [5, 5.41) is 4.52. The second kappa shape index (κ2) is 8.19. The number of hydrogen-bond donors (Lipinski definition) is 1. The average molecular weight is 368 g/mol. The number of nitrogens with one attached hydrogen (secondary N) is 1. The van der Waals surface area contributed by atoms with Gasteiger partial charge in [-0.1, -0.05) is 66.7 Å². The van der Waals surface area contributed by atoms with Crippen LogP contribution in [-0.4, -0.2) is 42.1 Å². The molecule has 0 fully saturated rings. The van der Waals surface area contributed by atoms with Crippen LogP contribution in [0.4, 0.5) is 5.82 Å². The van der Waals surface area contributed by atoms with E-state index in [1.165, 1.54) is 11.1 Å². The monoisotopic (exact) mass is 368 g/mol. The number of hydrogen-bond acceptors (Lipinski definition) is 4. The molecule has 0 atom stereocenters. The van der Waals surface area contributed by atoms with Gasteiger partial charge in [0.05, 0.1) is 5.52 Å². The van der Waals surface area contributed by atoms with Crippen LogP contribution < -0.4 is 5.32 Å². The summed E-state index contributed by atoms with van der Waals surface area (Å²) >= 11 is 0. The predicted octanol–water partition coefficient (Wildman–Crippen LogP) is 4.94. The summed E-state index contributed by atoms with van der Waals surface area (Å²) in [6.07, 6.45) is 0. The maximum Gasteiger partial charge on any atom is 0.162 e. The molecule has 140 valence electrons. The minimum atomic E-state index is 0.741. The fraction of sp³-hybridized carbons (Fsp3) is 0.167. The van der Waals surface area contributed by atoms with Crippen LogP contribution in [0.15, 0.2) is 78.9 Å². The van der Waals surface area contributed by atoms with E-state index in [2.05, 4.69) is 78.9 Å². The van der Waals surface area contributed by atoms with E-state index in [0.717, 1.165) is 41.2 Å². The Morgan fingerprint density at radius 1 is 0.714 bits per heavy atom. The zero-order valence-corrected chi connectivity index (χ0v) is 16.3. The van der Waals surface area contributed by atoms with Crippen LogP contribution in [0, 0.1) is 0 Å². The third-order valence-electron chi connectivity index (χ3n) is 4.70. The first-order valence-electron chi connectivity index (χ1n) is 9.52. The summed E-state index contributed by atoms with van der Waals surface area (Å²) < 4.78 is 0. The zero-order valence-electron chi connectivity index (χ0n) is 16.3. The summed E-state index contributed by atoms with van der Waals surface area (Å²) in [4.78, 5) is 11.8. The first-order valence-corrected chi connectivity index (χ1v) is 9.52. The predicted molar refractivity (Wildman–Crippen MR) is 117 cm³/mol. The number of para-hydroxylation sites is 1. The van der Waals surface area contributed by atoms with Gasteiger partial charge in [0.25, 0.3) is 0 Å². The van der Waals surface area contributed by atoms with E-state index in [1.807, 2.05) is 24.3 Å². The number of rotatable bonds is 6. The molecular weight excluding hydrogens is 344 g/mol. The molecule has 4 rings (SSSR count). The Morgan fingerprint density at radius 3 is 2.11 bits per heavy atom. The van der Waals surface area contributed by atoms with Crippen LogP contribution >= 0.6 is 0 Å². The van der Waals surface area contributed by atoms with Crippen molar-refractivity contribution in [3.8, 4) is 22.5 Å². The molecule has 0 unspecified atom stereocenters. The lowest BCUT2D eigenvalue weighted by molar-refractivity contribution is 0.425. The number of aromatic nitrogens is 2. The van der Waals surface area contributed by atoms with Crippen LogP contribution in [-0.2, 0) is 0 Å². The Hall–Kier alpha value is -3.24. The first kappa shape index (κ1) is 18.1. The van der Waals surface area contributed by atoms with Crippen molar-refractivity contribution in [3.63, 3.8) is 0 Å².